The first kappa shape index (κ1) is 24.5. The van der Waals surface area contributed by atoms with Crippen LogP contribution in [0.25, 0.3) is 21.3 Å². The average molecular weight is 533 g/mol. The molecule has 1 saturated carbocycles. The van der Waals surface area contributed by atoms with E-state index in [1.54, 1.807) is 16.8 Å². The van der Waals surface area contributed by atoms with Gasteiger partial charge < -0.3 is 15.1 Å². The third-order valence-electron chi connectivity index (χ3n) is 7.71. The van der Waals surface area contributed by atoms with Crippen molar-refractivity contribution in [3.8, 4) is 10.4 Å². The van der Waals surface area contributed by atoms with Crippen LogP contribution in [0, 0.1) is 11.7 Å². The van der Waals surface area contributed by atoms with Gasteiger partial charge in [0.25, 0.3) is 11.8 Å². The zero-order valence-corrected chi connectivity index (χ0v) is 22.3. The molecule has 196 valence electrons. The summed E-state index contributed by atoms with van der Waals surface area (Å²) in [5.41, 5.74) is 2.24. The molecule has 0 spiro atoms. The first-order chi connectivity index (χ1) is 18.3. The van der Waals surface area contributed by atoms with Crippen molar-refractivity contribution in [2.45, 2.75) is 31.3 Å². The second-order valence-corrected chi connectivity index (χ2v) is 11.3. The van der Waals surface area contributed by atoms with Crippen LogP contribution >= 0.6 is 11.3 Å². The summed E-state index contributed by atoms with van der Waals surface area (Å²) in [6, 6.07) is 13.9. The van der Waals surface area contributed by atoms with E-state index in [0.29, 0.717) is 39.4 Å². The van der Waals surface area contributed by atoms with Crippen molar-refractivity contribution in [2.75, 3.05) is 25.5 Å². The molecular formula is C28H29FN6O2S. The molecule has 2 aliphatic rings. The highest BCUT2D eigenvalue weighted by atomic mass is 32.1. The van der Waals surface area contributed by atoms with Crippen LogP contribution in [0.15, 0.2) is 48.5 Å². The highest BCUT2D eigenvalue weighted by Crippen LogP contribution is 2.44. The average Bonchev–Trinajstić information content (AvgIpc) is 3.69. The molecule has 10 heteroatoms. The quantitative estimate of drug-likeness (QED) is 0.400. The predicted octanol–water partition coefficient (Wildman–Crippen LogP) is 4.33. The number of carbonyl (C=O) groups is 2. The molecule has 0 radical (unpaired) electrons. The summed E-state index contributed by atoms with van der Waals surface area (Å²) in [6.07, 6.45) is 2.88. The maximum atomic E-state index is 14.1. The molecule has 6 rings (SSSR count). The second kappa shape index (κ2) is 9.50. The Kier molecular flexibility index (Phi) is 6.14. The van der Waals surface area contributed by atoms with E-state index in [0.717, 1.165) is 30.2 Å². The van der Waals surface area contributed by atoms with Crippen molar-refractivity contribution in [3.05, 3.63) is 65.7 Å². The van der Waals surface area contributed by atoms with E-state index in [2.05, 4.69) is 15.4 Å². The van der Waals surface area contributed by atoms with Gasteiger partial charge >= 0.3 is 0 Å². The Labute approximate surface area is 224 Å². The van der Waals surface area contributed by atoms with Gasteiger partial charge in [0.05, 0.1) is 16.4 Å². The van der Waals surface area contributed by atoms with Crippen LogP contribution < -0.4 is 10.2 Å². The maximum Gasteiger partial charge on any atom is 0.274 e. The summed E-state index contributed by atoms with van der Waals surface area (Å²) in [5.74, 6) is -0.456. The van der Waals surface area contributed by atoms with E-state index in [4.69, 9.17) is 0 Å². The van der Waals surface area contributed by atoms with Gasteiger partial charge in [-0.05, 0) is 48.9 Å². The number of hydrogen-bond donors (Lipinski definition) is 1. The van der Waals surface area contributed by atoms with Gasteiger partial charge in [-0.1, -0.05) is 41.7 Å². The van der Waals surface area contributed by atoms with Crippen molar-refractivity contribution < 1.29 is 14.0 Å². The second-order valence-electron chi connectivity index (χ2n) is 10.3. The smallest absolute Gasteiger partial charge is 0.274 e. The number of nitrogens with one attached hydrogen (secondary N) is 1. The Morgan fingerprint density at radius 1 is 1.13 bits per heavy atom. The van der Waals surface area contributed by atoms with Gasteiger partial charge in [0.2, 0.25) is 0 Å². The largest absolute Gasteiger partial charge is 0.354 e. The zero-order valence-electron chi connectivity index (χ0n) is 21.5. The zero-order chi connectivity index (χ0) is 26.6. The Morgan fingerprint density at radius 2 is 1.95 bits per heavy atom. The maximum absolute atomic E-state index is 14.1. The number of nitrogens with zero attached hydrogens (tertiary/aromatic N) is 5. The van der Waals surface area contributed by atoms with Gasteiger partial charge in [-0.3, -0.25) is 14.3 Å². The van der Waals surface area contributed by atoms with Crippen LogP contribution in [0.3, 0.4) is 0 Å². The highest BCUT2D eigenvalue weighted by molar-refractivity contribution is 7.19. The van der Waals surface area contributed by atoms with Gasteiger partial charge in [-0.2, -0.15) is 5.10 Å². The van der Waals surface area contributed by atoms with Crippen molar-refractivity contribution in [1.82, 2.24) is 25.0 Å². The van der Waals surface area contributed by atoms with Gasteiger partial charge in [0.15, 0.2) is 10.8 Å². The minimum atomic E-state index is -0.358. The van der Waals surface area contributed by atoms with Crippen molar-refractivity contribution in [3.63, 3.8) is 0 Å². The van der Waals surface area contributed by atoms with Crippen LogP contribution in [0.5, 0.6) is 0 Å². The summed E-state index contributed by atoms with van der Waals surface area (Å²) < 4.78 is 15.8. The number of fused-ring (bicyclic) bond motifs is 3. The molecule has 38 heavy (non-hydrogen) atoms. The van der Waals surface area contributed by atoms with Crippen molar-refractivity contribution in [2.24, 2.45) is 13.0 Å². The fraction of sp³-hybridized carbons (Fsp3) is 0.357. The minimum Gasteiger partial charge on any atom is -0.354 e. The standard InChI is InChI=1S/C28H29FN6O2S/c1-33(2)28-31-24(25(38-28)17-7-6-8-18(29)13-17)27(37)35-19-12-11-16(14-19)22(35)15-30-26(36)23-20-9-4-5-10-21(20)34(3)32-23/h4-10,13,16,19,22H,11-12,14-15H2,1-3H3,(H,30,36)/t16-,19+,22+/m0/s1. The number of aromatic nitrogens is 3. The normalized spacial score (nSPS) is 20.3. The molecule has 4 aromatic rings. The van der Waals surface area contributed by atoms with Crippen LogP contribution in [0.1, 0.15) is 40.2 Å². The number of hydrogen-bond acceptors (Lipinski definition) is 6. The number of carbonyl (C=O) groups excluding carboxylic acids is 2. The lowest BCUT2D eigenvalue weighted by Gasteiger charge is -2.35. The van der Waals surface area contributed by atoms with Gasteiger partial charge in [-0.25, -0.2) is 9.37 Å². The van der Waals surface area contributed by atoms with E-state index in [1.807, 2.05) is 55.2 Å². The van der Waals surface area contributed by atoms with Crippen LogP contribution in [0.2, 0.25) is 0 Å². The molecule has 1 aliphatic carbocycles. The molecule has 3 heterocycles. The van der Waals surface area contributed by atoms with E-state index < -0.39 is 0 Å². The fourth-order valence-electron chi connectivity index (χ4n) is 5.93. The molecule has 8 nitrogen and oxygen atoms in total. The number of piperidine rings is 1. The van der Waals surface area contributed by atoms with Crippen LogP contribution in [-0.2, 0) is 7.05 Å². The Morgan fingerprint density at radius 3 is 2.74 bits per heavy atom. The number of anilines is 1. The van der Waals surface area contributed by atoms with Crippen LogP contribution in [-0.4, -0.2) is 64.2 Å². The Balaban J connectivity index is 1.28. The van der Waals surface area contributed by atoms with Gasteiger partial charge in [0, 0.05) is 39.1 Å². The lowest BCUT2D eigenvalue weighted by molar-refractivity contribution is 0.0577. The number of likely N-dealkylation sites (tertiary alicyclic amines) is 1. The summed E-state index contributed by atoms with van der Waals surface area (Å²) in [4.78, 5) is 36.4. The lowest BCUT2D eigenvalue weighted by atomic mass is 9.98. The van der Waals surface area contributed by atoms with E-state index in [-0.39, 0.29) is 29.7 Å². The number of rotatable bonds is 6. The molecule has 3 atom stereocenters. The molecule has 2 amide bonds. The number of thiazole rings is 1. The van der Waals surface area contributed by atoms with Gasteiger partial charge in [0.1, 0.15) is 11.5 Å². The van der Waals surface area contributed by atoms with Crippen LogP contribution in [0.4, 0.5) is 9.52 Å². The monoisotopic (exact) mass is 532 g/mol. The first-order valence-electron chi connectivity index (χ1n) is 12.8. The van der Waals surface area contributed by atoms with E-state index in [1.165, 1.54) is 23.5 Å². The van der Waals surface area contributed by atoms with Crippen molar-refractivity contribution in [1.29, 1.82) is 0 Å². The molecule has 2 aromatic heterocycles. The molecular weight excluding hydrogens is 503 g/mol. The number of benzene rings is 2. The van der Waals surface area contributed by atoms with E-state index in [9.17, 15) is 14.0 Å². The predicted molar refractivity (Wildman–Crippen MR) is 146 cm³/mol. The summed E-state index contributed by atoms with van der Waals surface area (Å²) in [6.45, 7) is 0.344. The molecule has 2 bridgehead atoms. The molecule has 1 N–H and O–H groups in total. The lowest BCUT2D eigenvalue weighted by Crippen LogP contribution is -2.50. The molecule has 1 saturated heterocycles. The summed E-state index contributed by atoms with van der Waals surface area (Å²) >= 11 is 1.38. The number of amides is 2. The first-order valence-corrected chi connectivity index (χ1v) is 13.6. The Bertz CT molecular complexity index is 1550. The minimum absolute atomic E-state index is 0.106. The summed E-state index contributed by atoms with van der Waals surface area (Å²) in [7, 11) is 5.57. The molecule has 2 aromatic carbocycles. The fourth-order valence-corrected chi connectivity index (χ4v) is 6.90. The van der Waals surface area contributed by atoms with Gasteiger partial charge in [-0.15, -0.1) is 0 Å². The topological polar surface area (TPSA) is 83.4 Å². The summed E-state index contributed by atoms with van der Waals surface area (Å²) in [5, 5.41) is 8.98. The molecule has 2 fully saturated rings. The van der Waals surface area contributed by atoms with Crippen molar-refractivity contribution >= 4 is 39.2 Å². The number of aryl methyl sites for hydroxylation is 1. The number of halogens is 1. The SMILES string of the molecule is CN(C)c1nc(C(=O)N2[C@@H]3CC[C@@H](C3)[C@H]2CNC(=O)c2nn(C)c3ccccc23)c(-c2cccc(F)c2)s1. The third-order valence-corrected chi connectivity index (χ3v) is 8.98. The molecule has 1 aliphatic heterocycles. The molecule has 0 unspecified atom stereocenters. The Hall–Kier alpha value is -3.79. The number of para-hydroxylation sites is 1. The highest BCUT2D eigenvalue weighted by Gasteiger charge is 2.49. The van der Waals surface area contributed by atoms with E-state index >= 15 is 0 Å². The third kappa shape index (κ3) is 4.13.